The SMILES string of the molecule is Cn1nccc1Oc1cc(SCCO)cnc1Nc1nc(C(O)CO)cs1. The lowest BCUT2D eigenvalue weighted by Gasteiger charge is -2.12. The van der Waals surface area contributed by atoms with E-state index in [1.54, 1.807) is 35.6 Å². The minimum absolute atomic E-state index is 0.0671. The van der Waals surface area contributed by atoms with Crippen LogP contribution in [0.4, 0.5) is 10.9 Å². The minimum Gasteiger partial charge on any atom is -0.435 e. The second-order valence-electron chi connectivity index (χ2n) is 5.39. The summed E-state index contributed by atoms with van der Waals surface area (Å²) in [7, 11) is 1.77. The zero-order valence-corrected chi connectivity index (χ0v) is 16.1. The highest BCUT2D eigenvalue weighted by Crippen LogP contribution is 2.34. The first-order valence-electron chi connectivity index (χ1n) is 8.01. The van der Waals surface area contributed by atoms with Crippen molar-refractivity contribution in [3.63, 3.8) is 0 Å². The topological polar surface area (TPSA) is 126 Å². The Balaban J connectivity index is 1.86. The van der Waals surface area contributed by atoms with Gasteiger partial charge in [-0.3, -0.25) is 0 Å². The fraction of sp³-hybridized carbons (Fsp3) is 0.312. The van der Waals surface area contributed by atoms with Crippen molar-refractivity contribution in [1.82, 2.24) is 19.7 Å². The van der Waals surface area contributed by atoms with Crippen molar-refractivity contribution in [2.45, 2.75) is 11.0 Å². The van der Waals surface area contributed by atoms with Gasteiger partial charge in [0.05, 0.1) is 25.1 Å². The molecule has 0 radical (unpaired) electrons. The molecule has 4 N–H and O–H groups in total. The van der Waals surface area contributed by atoms with E-state index in [1.807, 2.05) is 6.07 Å². The van der Waals surface area contributed by atoms with Gasteiger partial charge in [0.1, 0.15) is 6.10 Å². The van der Waals surface area contributed by atoms with Crippen LogP contribution in [0.2, 0.25) is 0 Å². The average molecular weight is 409 g/mol. The lowest BCUT2D eigenvalue weighted by atomic mass is 10.3. The van der Waals surface area contributed by atoms with Crippen molar-refractivity contribution < 1.29 is 20.1 Å². The molecule has 0 bridgehead atoms. The molecule has 0 saturated heterocycles. The van der Waals surface area contributed by atoms with Crippen molar-refractivity contribution in [3.8, 4) is 11.6 Å². The molecule has 144 valence electrons. The molecule has 3 heterocycles. The molecule has 11 heteroatoms. The van der Waals surface area contributed by atoms with Gasteiger partial charge in [0, 0.05) is 35.3 Å². The molecule has 0 aromatic carbocycles. The van der Waals surface area contributed by atoms with Gasteiger partial charge in [-0.15, -0.1) is 23.1 Å². The molecule has 0 fully saturated rings. The molecule has 9 nitrogen and oxygen atoms in total. The van der Waals surface area contributed by atoms with Gasteiger partial charge in [0.25, 0.3) is 0 Å². The lowest BCUT2D eigenvalue weighted by molar-refractivity contribution is 0.0928. The van der Waals surface area contributed by atoms with Crippen molar-refractivity contribution >= 4 is 34.0 Å². The summed E-state index contributed by atoms with van der Waals surface area (Å²) in [6, 6.07) is 3.55. The first-order valence-corrected chi connectivity index (χ1v) is 9.88. The number of anilines is 2. The predicted octanol–water partition coefficient (Wildman–Crippen LogP) is 1.92. The number of aliphatic hydroxyl groups excluding tert-OH is 3. The van der Waals surface area contributed by atoms with Gasteiger partial charge < -0.3 is 25.4 Å². The van der Waals surface area contributed by atoms with Gasteiger partial charge in [-0.2, -0.15) is 5.10 Å². The Kier molecular flexibility index (Phi) is 6.63. The number of ether oxygens (including phenoxy) is 1. The molecule has 1 atom stereocenters. The molecule has 3 rings (SSSR count). The average Bonchev–Trinajstić information content (AvgIpc) is 3.30. The zero-order chi connectivity index (χ0) is 19.2. The smallest absolute Gasteiger partial charge is 0.217 e. The molecular formula is C16H19N5O4S2. The van der Waals surface area contributed by atoms with E-state index in [2.05, 4.69) is 20.4 Å². The van der Waals surface area contributed by atoms with E-state index in [9.17, 15) is 5.11 Å². The monoisotopic (exact) mass is 409 g/mol. The van der Waals surface area contributed by atoms with Gasteiger partial charge in [-0.1, -0.05) is 0 Å². The minimum atomic E-state index is -1.02. The molecule has 27 heavy (non-hydrogen) atoms. The Hall–Kier alpha value is -2.18. The number of nitrogens with one attached hydrogen (secondary N) is 1. The first-order chi connectivity index (χ1) is 13.1. The zero-order valence-electron chi connectivity index (χ0n) is 14.4. The second kappa shape index (κ2) is 9.15. The molecule has 0 saturated carbocycles. The predicted molar refractivity (Wildman–Crippen MR) is 103 cm³/mol. The largest absolute Gasteiger partial charge is 0.435 e. The van der Waals surface area contributed by atoms with E-state index in [0.717, 1.165) is 4.90 Å². The second-order valence-corrected chi connectivity index (χ2v) is 7.41. The van der Waals surface area contributed by atoms with Crippen LogP contribution in [0.15, 0.2) is 34.8 Å². The maximum atomic E-state index is 9.68. The van der Waals surface area contributed by atoms with E-state index in [1.165, 1.54) is 23.1 Å². The molecule has 0 spiro atoms. The Bertz CT molecular complexity index is 885. The van der Waals surface area contributed by atoms with E-state index in [-0.39, 0.29) is 6.61 Å². The van der Waals surface area contributed by atoms with Crippen LogP contribution in [-0.2, 0) is 7.05 Å². The van der Waals surface area contributed by atoms with Crippen LogP contribution in [0.1, 0.15) is 11.8 Å². The Labute approximate surface area is 163 Å². The third-order valence-electron chi connectivity index (χ3n) is 3.44. The van der Waals surface area contributed by atoms with Crippen LogP contribution < -0.4 is 10.1 Å². The summed E-state index contributed by atoms with van der Waals surface area (Å²) in [5, 5.41) is 37.1. The summed E-state index contributed by atoms with van der Waals surface area (Å²) >= 11 is 2.74. The Morgan fingerprint density at radius 2 is 2.26 bits per heavy atom. The molecular weight excluding hydrogens is 390 g/mol. The molecule has 3 aromatic rings. The molecule has 0 aliphatic heterocycles. The maximum absolute atomic E-state index is 9.68. The maximum Gasteiger partial charge on any atom is 0.217 e. The number of thioether (sulfide) groups is 1. The summed E-state index contributed by atoms with van der Waals surface area (Å²) < 4.78 is 7.53. The number of aryl methyl sites for hydroxylation is 1. The fourth-order valence-electron chi connectivity index (χ4n) is 2.11. The molecule has 0 aliphatic rings. The molecule has 1 unspecified atom stereocenters. The van der Waals surface area contributed by atoms with Crippen molar-refractivity contribution in [3.05, 3.63) is 35.6 Å². The Morgan fingerprint density at radius 3 is 2.96 bits per heavy atom. The highest BCUT2D eigenvalue weighted by molar-refractivity contribution is 7.99. The van der Waals surface area contributed by atoms with Gasteiger partial charge in [-0.05, 0) is 6.07 Å². The summed E-state index contributed by atoms with van der Waals surface area (Å²) in [6.45, 7) is -0.329. The molecule has 0 aliphatic carbocycles. The van der Waals surface area contributed by atoms with Crippen molar-refractivity contribution in [2.75, 3.05) is 24.3 Å². The number of pyridine rings is 1. The number of hydrogen-bond acceptors (Lipinski definition) is 10. The highest BCUT2D eigenvalue weighted by atomic mass is 32.2. The molecule has 3 aromatic heterocycles. The van der Waals surface area contributed by atoms with Crippen LogP contribution in [0, 0.1) is 0 Å². The quantitative estimate of drug-likeness (QED) is 0.392. The van der Waals surface area contributed by atoms with Crippen LogP contribution >= 0.6 is 23.1 Å². The summed E-state index contributed by atoms with van der Waals surface area (Å²) in [5.41, 5.74) is 0.384. The fourth-order valence-corrected chi connectivity index (χ4v) is 3.51. The lowest BCUT2D eigenvalue weighted by Crippen LogP contribution is -2.03. The standard InChI is InChI=1S/C16H19N5O4S2/c1-21-14(2-3-18-21)25-13-6-10(26-5-4-22)7-17-15(13)20-16-19-11(9-27-16)12(24)8-23/h2-3,6-7,9,12,22-24H,4-5,8H2,1H3,(H,17,19,20). The molecule has 0 amide bonds. The number of aliphatic hydroxyl groups is 3. The normalized spacial score (nSPS) is 12.1. The van der Waals surface area contributed by atoms with Crippen molar-refractivity contribution in [2.24, 2.45) is 7.05 Å². The van der Waals surface area contributed by atoms with E-state index >= 15 is 0 Å². The highest BCUT2D eigenvalue weighted by Gasteiger charge is 2.15. The van der Waals surface area contributed by atoms with Gasteiger partial charge in [0.2, 0.25) is 5.88 Å². The number of aromatic nitrogens is 4. The third kappa shape index (κ3) is 4.96. The summed E-state index contributed by atoms with van der Waals surface area (Å²) in [5.74, 6) is 2.01. The van der Waals surface area contributed by atoms with E-state index in [0.29, 0.717) is 34.0 Å². The van der Waals surface area contributed by atoms with Crippen LogP contribution in [-0.4, -0.2) is 54.0 Å². The number of hydrogen-bond donors (Lipinski definition) is 4. The van der Waals surface area contributed by atoms with Crippen LogP contribution in [0.25, 0.3) is 0 Å². The Morgan fingerprint density at radius 1 is 1.41 bits per heavy atom. The van der Waals surface area contributed by atoms with Crippen LogP contribution in [0.3, 0.4) is 0 Å². The number of thiazole rings is 1. The summed E-state index contributed by atoms with van der Waals surface area (Å²) in [4.78, 5) is 9.50. The van der Waals surface area contributed by atoms with Gasteiger partial charge in [0.15, 0.2) is 16.7 Å². The van der Waals surface area contributed by atoms with Gasteiger partial charge in [-0.25, -0.2) is 14.6 Å². The van der Waals surface area contributed by atoms with E-state index in [4.69, 9.17) is 14.9 Å². The van der Waals surface area contributed by atoms with Crippen molar-refractivity contribution in [1.29, 1.82) is 0 Å². The number of nitrogens with zero attached hydrogens (tertiary/aromatic N) is 4. The van der Waals surface area contributed by atoms with Gasteiger partial charge >= 0.3 is 0 Å². The first kappa shape index (κ1) is 19.6. The number of rotatable bonds is 9. The summed E-state index contributed by atoms with van der Waals surface area (Å²) in [6.07, 6.45) is 2.28. The van der Waals surface area contributed by atoms with E-state index < -0.39 is 12.7 Å². The van der Waals surface area contributed by atoms with Crippen LogP contribution in [0.5, 0.6) is 11.6 Å². The third-order valence-corrected chi connectivity index (χ3v) is 5.16.